The van der Waals surface area contributed by atoms with Gasteiger partial charge in [0.15, 0.2) is 0 Å². The Bertz CT molecular complexity index is 951. The van der Waals surface area contributed by atoms with Gasteiger partial charge >= 0.3 is 6.09 Å². The number of rotatable bonds is 9. The zero-order valence-corrected chi connectivity index (χ0v) is 22.1. The fourth-order valence-electron chi connectivity index (χ4n) is 4.46. The summed E-state index contributed by atoms with van der Waals surface area (Å²) in [4.78, 5) is 16.6. The van der Waals surface area contributed by atoms with E-state index >= 15 is 0 Å². The second-order valence-electron chi connectivity index (χ2n) is 10.5. The van der Waals surface area contributed by atoms with Gasteiger partial charge in [0.25, 0.3) is 0 Å². The van der Waals surface area contributed by atoms with Crippen molar-refractivity contribution in [3.05, 3.63) is 64.9 Å². The lowest BCUT2D eigenvalue weighted by Gasteiger charge is -2.40. The number of amides is 1. The molecule has 1 saturated heterocycles. The van der Waals surface area contributed by atoms with Crippen molar-refractivity contribution in [2.24, 2.45) is 10.8 Å². The number of hydrogen-bond donors (Lipinski definition) is 0. The molecule has 2 heterocycles. The molecule has 0 bridgehead atoms. The first-order valence-corrected chi connectivity index (χ1v) is 12.5. The van der Waals surface area contributed by atoms with Crippen LogP contribution in [-0.2, 0) is 9.47 Å². The fourth-order valence-corrected chi connectivity index (χ4v) is 4.61. The zero-order chi connectivity index (χ0) is 24.9. The molecule has 2 aliphatic heterocycles. The molecule has 1 unspecified atom stereocenters. The quantitative estimate of drug-likeness (QED) is 0.390. The molecule has 186 valence electrons. The fraction of sp³-hybridized carbons (Fsp3) is 0.536. The molecule has 3 rings (SSSR count). The Morgan fingerprint density at radius 3 is 2.59 bits per heavy atom. The lowest BCUT2D eigenvalue weighted by Crippen LogP contribution is -2.50. The molecular weight excluding hydrogens is 448 g/mol. The van der Waals surface area contributed by atoms with Crippen LogP contribution in [0.1, 0.15) is 46.1 Å². The van der Waals surface area contributed by atoms with E-state index in [-0.39, 0.29) is 16.9 Å². The molecule has 1 aromatic rings. The summed E-state index contributed by atoms with van der Waals surface area (Å²) in [7, 11) is 0. The molecule has 0 aromatic heterocycles. The zero-order valence-electron chi connectivity index (χ0n) is 21.3. The Kier molecular flexibility index (Phi) is 8.53. The Morgan fingerprint density at radius 1 is 1.24 bits per heavy atom. The minimum Gasteiger partial charge on any atom is -0.492 e. The van der Waals surface area contributed by atoms with Gasteiger partial charge < -0.3 is 9.47 Å². The molecular formula is C28H39ClN2O3. The third-order valence-corrected chi connectivity index (χ3v) is 7.14. The number of hydrogen-bond acceptors (Lipinski definition) is 4. The van der Waals surface area contributed by atoms with Crippen molar-refractivity contribution in [3.8, 4) is 0 Å². The van der Waals surface area contributed by atoms with Gasteiger partial charge in [0, 0.05) is 29.8 Å². The Labute approximate surface area is 210 Å². The van der Waals surface area contributed by atoms with Crippen molar-refractivity contribution in [1.29, 1.82) is 0 Å². The van der Waals surface area contributed by atoms with Crippen molar-refractivity contribution in [1.82, 2.24) is 4.90 Å². The third kappa shape index (κ3) is 6.45. The van der Waals surface area contributed by atoms with Gasteiger partial charge in [-0.2, -0.15) is 0 Å². The van der Waals surface area contributed by atoms with E-state index in [0.29, 0.717) is 30.5 Å². The van der Waals surface area contributed by atoms with E-state index in [0.717, 1.165) is 43.7 Å². The molecule has 1 fully saturated rings. The summed E-state index contributed by atoms with van der Waals surface area (Å²) in [6.07, 6.45) is 5.96. The van der Waals surface area contributed by atoms with E-state index in [1.807, 2.05) is 31.2 Å². The third-order valence-electron chi connectivity index (χ3n) is 6.97. The molecule has 5 nitrogen and oxygen atoms in total. The molecule has 2 aliphatic rings. The number of cyclic esters (lactones) is 1. The number of carbonyl (C=O) groups excluding carboxylic acids is 1. The molecule has 1 aromatic carbocycles. The number of nitrogens with zero attached hydrogens (tertiary/aromatic N) is 2. The van der Waals surface area contributed by atoms with E-state index in [2.05, 4.69) is 51.3 Å². The molecule has 0 N–H and O–H groups in total. The number of ether oxygens (including phenoxy) is 2. The van der Waals surface area contributed by atoms with E-state index in [1.165, 1.54) is 5.56 Å². The first-order chi connectivity index (χ1) is 16.0. The highest BCUT2D eigenvalue weighted by molar-refractivity contribution is 6.31. The summed E-state index contributed by atoms with van der Waals surface area (Å²) in [6, 6.07) is 8.03. The molecule has 34 heavy (non-hydrogen) atoms. The van der Waals surface area contributed by atoms with Gasteiger partial charge in [-0.25, -0.2) is 4.79 Å². The minimum atomic E-state index is -0.265. The van der Waals surface area contributed by atoms with Crippen molar-refractivity contribution in [2.75, 3.05) is 44.3 Å². The number of benzene rings is 1. The van der Waals surface area contributed by atoms with E-state index in [9.17, 15) is 4.79 Å². The van der Waals surface area contributed by atoms with Crippen LogP contribution in [0.2, 0.25) is 0 Å². The lowest BCUT2D eigenvalue weighted by atomic mass is 9.79. The van der Waals surface area contributed by atoms with E-state index in [4.69, 9.17) is 21.1 Å². The van der Waals surface area contributed by atoms with Crippen LogP contribution in [0.4, 0.5) is 10.5 Å². The minimum absolute atomic E-state index is 0.00214. The smallest absolute Gasteiger partial charge is 0.414 e. The Morgan fingerprint density at radius 2 is 1.94 bits per heavy atom. The van der Waals surface area contributed by atoms with Crippen LogP contribution in [0.5, 0.6) is 0 Å². The predicted octanol–water partition coefficient (Wildman–Crippen LogP) is 6.68. The van der Waals surface area contributed by atoms with E-state index in [1.54, 1.807) is 4.90 Å². The van der Waals surface area contributed by atoms with Crippen LogP contribution in [0.3, 0.4) is 0 Å². The summed E-state index contributed by atoms with van der Waals surface area (Å²) in [5.74, 6) is 0.713. The largest absolute Gasteiger partial charge is 0.492 e. The molecule has 1 atom stereocenters. The Hall–Kier alpha value is -2.24. The number of allylic oxidation sites excluding steroid dienone is 3. The topological polar surface area (TPSA) is 42.0 Å². The van der Waals surface area contributed by atoms with Gasteiger partial charge in [-0.3, -0.25) is 9.80 Å². The number of halogens is 1. The van der Waals surface area contributed by atoms with Crippen molar-refractivity contribution >= 4 is 23.4 Å². The summed E-state index contributed by atoms with van der Waals surface area (Å²) in [5.41, 5.74) is 3.05. The SMILES string of the molecule is C=C(Cl)C1=C(/C=C/CN(CC)CCC2(C)COC(=O)N(c3ccc(C)cc3)C2)C(C)(C)CCO1. The normalized spacial score (nSPS) is 22.8. The van der Waals surface area contributed by atoms with Crippen molar-refractivity contribution < 1.29 is 14.3 Å². The molecule has 0 radical (unpaired) electrons. The first-order valence-electron chi connectivity index (χ1n) is 12.2. The van der Waals surface area contributed by atoms with Gasteiger partial charge in [-0.1, -0.05) is 75.7 Å². The number of aryl methyl sites for hydroxylation is 1. The van der Waals surface area contributed by atoms with Gasteiger partial charge in [-0.05, 0) is 50.4 Å². The number of likely N-dealkylation sites (N-methyl/N-ethyl adjacent to an activating group) is 1. The summed E-state index contributed by atoms with van der Waals surface area (Å²) >= 11 is 6.21. The average Bonchev–Trinajstić information content (AvgIpc) is 2.79. The molecule has 6 heteroatoms. The van der Waals surface area contributed by atoms with Crippen molar-refractivity contribution in [2.45, 2.75) is 47.5 Å². The maximum absolute atomic E-state index is 12.4. The van der Waals surface area contributed by atoms with Gasteiger partial charge in [0.1, 0.15) is 12.4 Å². The standard InChI is InChI=1S/C28H39ClN2O3/c1-7-30(16-8-9-24-25(22(3)29)33-18-15-27(24,4)5)17-14-28(6)19-31(26(32)34-20-28)23-12-10-21(2)11-13-23/h8-13H,3,7,14-20H2,1-2,4-6H3/b9-8+. The molecule has 1 amide bonds. The monoisotopic (exact) mass is 486 g/mol. The first kappa shape index (κ1) is 26.4. The van der Waals surface area contributed by atoms with Crippen LogP contribution in [0.15, 0.2) is 59.4 Å². The summed E-state index contributed by atoms with van der Waals surface area (Å²) in [5, 5.41) is 0.456. The summed E-state index contributed by atoms with van der Waals surface area (Å²) < 4.78 is 11.4. The average molecular weight is 487 g/mol. The number of carbonyl (C=O) groups is 1. The van der Waals surface area contributed by atoms with Gasteiger partial charge in [0.2, 0.25) is 0 Å². The van der Waals surface area contributed by atoms with Crippen LogP contribution >= 0.6 is 11.6 Å². The highest BCUT2D eigenvalue weighted by Crippen LogP contribution is 2.40. The number of anilines is 1. The highest BCUT2D eigenvalue weighted by Gasteiger charge is 2.37. The van der Waals surface area contributed by atoms with E-state index < -0.39 is 0 Å². The maximum Gasteiger partial charge on any atom is 0.414 e. The Balaban J connectivity index is 1.62. The van der Waals surface area contributed by atoms with Crippen molar-refractivity contribution in [3.63, 3.8) is 0 Å². The van der Waals surface area contributed by atoms with Gasteiger partial charge in [-0.15, -0.1) is 0 Å². The van der Waals surface area contributed by atoms with Crippen LogP contribution in [0, 0.1) is 17.8 Å². The molecule has 0 saturated carbocycles. The molecule has 0 spiro atoms. The second-order valence-corrected chi connectivity index (χ2v) is 10.9. The predicted molar refractivity (Wildman–Crippen MR) is 140 cm³/mol. The molecule has 0 aliphatic carbocycles. The summed E-state index contributed by atoms with van der Waals surface area (Å²) in [6.45, 7) is 19.2. The van der Waals surface area contributed by atoms with Crippen LogP contribution < -0.4 is 4.90 Å². The van der Waals surface area contributed by atoms with Crippen LogP contribution in [0.25, 0.3) is 0 Å². The maximum atomic E-state index is 12.4. The highest BCUT2D eigenvalue weighted by atomic mass is 35.5. The lowest BCUT2D eigenvalue weighted by molar-refractivity contribution is 0.0620. The van der Waals surface area contributed by atoms with Crippen LogP contribution in [-0.4, -0.2) is 50.4 Å². The second kappa shape index (κ2) is 11.0. The van der Waals surface area contributed by atoms with Gasteiger partial charge in [0.05, 0.1) is 11.6 Å².